The molecule has 0 aliphatic carbocycles. The van der Waals surface area contributed by atoms with Crippen LogP contribution in [0, 0.1) is 0 Å². The highest BCUT2D eigenvalue weighted by molar-refractivity contribution is 14.0. The van der Waals surface area contributed by atoms with Crippen LogP contribution in [0.1, 0.15) is 5.56 Å². The number of ether oxygens (including phenoxy) is 1. The molecule has 1 rings (SSSR count). The molecular formula is C13H21ClIN3O. The average molecular weight is 398 g/mol. The summed E-state index contributed by atoms with van der Waals surface area (Å²) in [6, 6.07) is 7.83. The van der Waals surface area contributed by atoms with E-state index in [4.69, 9.17) is 16.3 Å². The predicted molar refractivity (Wildman–Crippen MR) is 91.6 cm³/mol. The van der Waals surface area contributed by atoms with Gasteiger partial charge in [-0.3, -0.25) is 4.99 Å². The maximum atomic E-state index is 5.96. The van der Waals surface area contributed by atoms with E-state index in [2.05, 4.69) is 10.3 Å². The third kappa shape index (κ3) is 6.98. The number of nitrogens with one attached hydrogen (secondary N) is 1. The fourth-order valence-electron chi connectivity index (χ4n) is 1.63. The van der Waals surface area contributed by atoms with Gasteiger partial charge in [-0.15, -0.1) is 24.0 Å². The summed E-state index contributed by atoms with van der Waals surface area (Å²) in [5, 5.41) is 3.98. The van der Waals surface area contributed by atoms with E-state index in [1.54, 1.807) is 14.2 Å². The summed E-state index contributed by atoms with van der Waals surface area (Å²) < 4.78 is 5.00. The molecule has 4 nitrogen and oxygen atoms in total. The molecule has 0 unspecified atom stereocenters. The maximum absolute atomic E-state index is 5.96. The molecule has 0 aliphatic heterocycles. The number of nitrogens with zero attached hydrogens (tertiary/aromatic N) is 2. The van der Waals surface area contributed by atoms with Gasteiger partial charge in [0.2, 0.25) is 0 Å². The Morgan fingerprint density at radius 1 is 1.47 bits per heavy atom. The van der Waals surface area contributed by atoms with Crippen LogP contribution in [-0.2, 0) is 11.3 Å². The predicted octanol–water partition coefficient (Wildman–Crippen LogP) is 2.61. The topological polar surface area (TPSA) is 36.9 Å². The Kier molecular flexibility index (Phi) is 9.99. The molecule has 0 bridgehead atoms. The minimum absolute atomic E-state index is 0. The number of hydrogen-bond donors (Lipinski definition) is 1. The molecule has 0 spiro atoms. The second-order valence-corrected chi connectivity index (χ2v) is 4.39. The monoisotopic (exact) mass is 397 g/mol. The first-order valence-corrected chi connectivity index (χ1v) is 6.20. The van der Waals surface area contributed by atoms with Crippen molar-refractivity contribution in [2.24, 2.45) is 4.99 Å². The lowest BCUT2D eigenvalue weighted by molar-refractivity contribution is 0.203. The summed E-state index contributed by atoms with van der Waals surface area (Å²) in [4.78, 5) is 6.26. The van der Waals surface area contributed by atoms with Crippen molar-refractivity contribution >= 4 is 41.5 Å². The van der Waals surface area contributed by atoms with Crippen molar-refractivity contribution in [2.45, 2.75) is 6.54 Å². The molecule has 1 N–H and O–H groups in total. The van der Waals surface area contributed by atoms with Crippen LogP contribution in [0.25, 0.3) is 0 Å². The van der Waals surface area contributed by atoms with Crippen molar-refractivity contribution in [3.63, 3.8) is 0 Å². The molecular weight excluding hydrogens is 377 g/mol. The van der Waals surface area contributed by atoms with Crippen molar-refractivity contribution in [1.82, 2.24) is 10.2 Å². The fourth-order valence-corrected chi connectivity index (χ4v) is 1.85. The number of rotatable bonds is 5. The number of hydrogen-bond acceptors (Lipinski definition) is 2. The van der Waals surface area contributed by atoms with Crippen LogP contribution in [0.4, 0.5) is 0 Å². The Hall–Kier alpha value is -0.530. The van der Waals surface area contributed by atoms with E-state index in [9.17, 15) is 0 Å². The molecule has 0 radical (unpaired) electrons. The van der Waals surface area contributed by atoms with Gasteiger partial charge in [0.15, 0.2) is 5.96 Å². The van der Waals surface area contributed by atoms with E-state index in [1.807, 2.05) is 36.2 Å². The van der Waals surface area contributed by atoms with Crippen molar-refractivity contribution in [1.29, 1.82) is 0 Å². The van der Waals surface area contributed by atoms with Crippen LogP contribution in [0.2, 0.25) is 5.02 Å². The van der Waals surface area contributed by atoms with Crippen LogP contribution in [0.15, 0.2) is 29.3 Å². The summed E-state index contributed by atoms with van der Waals surface area (Å²) in [5.74, 6) is 0.840. The third-order valence-corrected chi connectivity index (χ3v) is 2.71. The van der Waals surface area contributed by atoms with Gasteiger partial charge in [-0.1, -0.05) is 23.7 Å². The van der Waals surface area contributed by atoms with E-state index < -0.39 is 0 Å². The lowest BCUT2D eigenvalue weighted by atomic mass is 10.2. The number of guanidine groups is 1. The zero-order chi connectivity index (χ0) is 13.4. The van der Waals surface area contributed by atoms with Gasteiger partial charge >= 0.3 is 0 Å². The molecule has 0 saturated heterocycles. The summed E-state index contributed by atoms with van der Waals surface area (Å²) in [6.45, 7) is 2.15. The molecule has 0 saturated carbocycles. The first-order valence-electron chi connectivity index (χ1n) is 5.82. The average Bonchev–Trinajstić information content (AvgIpc) is 2.34. The SMILES string of the molecule is CN=C(NCCOC)N(C)Cc1cccc(Cl)c1.I. The normalized spacial score (nSPS) is 10.8. The number of methoxy groups -OCH3 is 1. The van der Waals surface area contributed by atoms with E-state index in [0.29, 0.717) is 6.61 Å². The number of aliphatic imine (C=N–C) groups is 1. The van der Waals surface area contributed by atoms with Crippen molar-refractivity contribution in [3.05, 3.63) is 34.9 Å². The van der Waals surface area contributed by atoms with Gasteiger partial charge in [0.25, 0.3) is 0 Å². The molecule has 108 valence electrons. The second kappa shape index (κ2) is 10.3. The highest BCUT2D eigenvalue weighted by Crippen LogP contribution is 2.12. The van der Waals surface area contributed by atoms with Crippen LogP contribution in [-0.4, -0.2) is 45.2 Å². The second-order valence-electron chi connectivity index (χ2n) is 3.95. The minimum atomic E-state index is 0. The zero-order valence-electron chi connectivity index (χ0n) is 11.5. The fraction of sp³-hybridized carbons (Fsp3) is 0.462. The Bertz CT molecular complexity index is 401. The minimum Gasteiger partial charge on any atom is -0.383 e. The van der Waals surface area contributed by atoms with Gasteiger partial charge in [-0.25, -0.2) is 0 Å². The van der Waals surface area contributed by atoms with Gasteiger partial charge in [-0.2, -0.15) is 0 Å². The Morgan fingerprint density at radius 3 is 2.79 bits per heavy atom. The highest BCUT2D eigenvalue weighted by Gasteiger charge is 2.06. The molecule has 0 amide bonds. The quantitative estimate of drug-likeness (QED) is 0.359. The van der Waals surface area contributed by atoms with Crippen LogP contribution in [0.3, 0.4) is 0 Å². The van der Waals surface area contributed by atoms with E-state index in [-0.39, 0.29) is 24.0 Å². The van der Waals surface area contributed by atoms with Crippen molar-refractivity contribution < 1.29 is 4.74 Å². The van der Waals surface area contributed by atoms with Crippen LogP contribution >= 0.6 is 35.6 Å². The first kappa shape index (κ1) is 18.5. The third-order valence-electron chi connectivity index (χ3n) is 2.47. The van der Waals surface area contributed by atoms with Crippen molar-refractivity contribution in [2.75, 3.05) is 34.4 Å². The Labute approximate surface area is 137 Å². The molecule has 0 aromatic heterocycles. The Balaban J connectivity index is 0.00000324. The summed E-state index contributed by atoms with van der Waals surface area (Å²) in [7, 11) is 5.44. The maximum Gasteiger partial charge on any atom is 0.193 e. The van der Waals surface area contributed by atoms with E-state index >= 15 is 0 Å². The highest BCUT2D eigenvalue weighted by atomic mass is 127. The number of benzene rings is 1. The zero-order valence-corrected chi connectivity index (χ0v) is 14.6. The molecule has 0 heterocycles. The summed E-state index contributed by atoms with van der Waals surface area (Å²) in [5.41, 5.74) is 1.15. The first-order chi connectivity index (χ1) is 8.67. The Morgan fingerprint density at radius 2 is 2.21 bits per heavy atom. The molecule has 1 aromatic carbocycles. The van der Waals surface area contributed by atoms with Gasteiger partial charge in [0.05, 0.1) is 6.61 Å². The summed E-state index contributed by atoms with van der Waals surface area (Å²) in [6.07, 6.45) is 0. The lowest BCUT2D eigenvalue weighted by Crippen LogP contribution is -2.39. The molecule has 1 aromatic rings. The number of halogens is 2. The van der Waals surface area contributed by atoms with Crippen LogP contribution in [0.5, 0.6) is 0 Å². The standard InChI is InChI=1S/C13H20ClN3O.HI/c1-15-13(16-7-8-18-3)17(2)10-11-5-4-6-12(14)9-11;/h4-6,9H,7-8,10H2,1-3H3,(H,15,16);1H. The molecule has 0 atom stereocenters. The van der Waals surface area contributed by atoms with Crippen LogP contribution < -0.4 is 5.32 Å². The molecule has 19 heavy (non-hydrogen) atoms. The van der Waals surface area contributed by atoms with Gasteiger partial charge in [0, 0.05) is 39.3 Å². The molecule has 0 fully saturated rings. The molecule has 6 heteroatoms. The van der Waals surface area contributed by atoms with Gasteiger partial charge < -0.3 is 15.0 Å². The van der Waals surface area contributed by atoms with Gasteiger partial charge in [-0.05, 0) is 17.7 Å². The smallest absolute Gasteiger partial charge is 0.193 e. The van der Waals surface area contributed by atoms with Gasteiger partial charge in [0.1, 0.15) is 0 Å². The van der Waals surface area contributed by atoms with E-state index in [1.165, 1.54) is 0 Å². The molecule has 0 aliphatic rings. The van der Waals surface area contributed by atoms with Crippen molar-refractivity contribution in [3.8, 4) is 0 Å². The largest absolute Gasteiger partial charge is 0.383 e. The van der Waals surface area contributed by atoms with E-state index in [0.717, 1.165) is 29.6 Å². The summed E-state index contributed by atoms with van der Waals surface area (Å²) >= 11 is 5.96. The lowest BCUT2D eigenvalue weighted by Gasteiger charge is -2.22.